The van der Waals surface area contributed by atoms with Gasteiger partial charge >= 0.3 is 0 Å². The molecule has 4 heteroatoms. The Hall–Kier alpha value is -1.39. The van der Waals surface area contributed by atoms with Gasteiger partial charge in [-0.3, -0.25) is 9.80 Å². The van der Waals surface area contributed by atoms with Crippen molar-refractivity contribution in [3.8, 4) is 0 Å². The van der Waals surface area contributed by atoms with E-state index in [1.54, 1.807) is 12.1 Å². The molecule has 1 aromatic rings. The van der Waals surface area contributed by atoms with Crippen LogP contribution in [-0.4, -0.2) is 22.6 Å². The van der Waals surface area contributed by atoms with Gasteiger partial charge in [-0.2, -0.15) is 0 Å². The second-order valence-corrected chi connectivity index (χ2v) is 3.10. The molecule has 1 amide bonds. The molecule has 0 aliphatic heterocycles. The molecule has 0 saturated carbocycles. The van der Waals surface area contributed by atoms with Crippen LogP contribution in [0.1, 0.15) is 18.6 Å². The lowest BCUT2D eigenvalue weighted by molar-refractivity contribution is -0.130. The van der Waals surface area contributed by atoms with Crippen LogP contribution in [0, 0.1) is 0 Å². The van der Waals surface area contributed by atoms with Crippen LogP contribution in [0.15, 0.2) is 30.3 Å². The van der Waals surface area contributed by atoms with Gasteiger partial charge in [-0.1, -0.05) is 30.3 Å². The third kappa shape index (κ3) is 2.83. The number of rotatable bonds is 3. The van der Waals surface area contributed by atoms with Crippen LogP contribution in [0.25, 0.3) is 0 Å². The summed E-state index contributed by atoms with van der Waals surface area (Å²) in [4.78, 5) is 10.8. The fourth-order valence-corrected chi connectivity index (χ4v) is 1.10. The minimum Gasteiger partial charge on any atom is -0.386 e. The zero-order valence-corrected chi connectivity index (χ0v) is 8.05. The Morgan fingerprint density at radius 2 is 2.07 bits per heavy atom. The fourth-order valence-electron chi connectivity index (χ4n) is 1.10. The third-order valence-electron chi connectivity index (χ3n) is 1.96. The molecule has 0 aliphatic rings. The van der Waals surface area contributed by atoms with E-state index in [-0.39, 0.29) is 12.5 Å². The van der Waals surface area contributed by atoms with E-state index >= 15 is 0 Å². The summed E-state index contributed by atoms with van der Waals surface area (Å²) in [7, 11) is 0. The van der Waals surface area contributed by atoms with Crippen molar-refractivity contribution in [2.75, 3.05) is 6.54 Å². The molecule has 1 atom stereocenters. The predicted octanol–water partition coefficient (Wildman–Crippen LogP) is 0.442. The standard InChI is InChI=1S/C10H14N2O2/c1-8(13)12(11)7-10(14)9-5-3-2-4-6-9/h2-6,10,14H,7,11H2,1H3. The average molecular weight is 194 g/mol. The van der Waals surface area contributed by atoms with Crippen LogP contribution in [-0.2, 0) is 4.79 Å². The van der Waals surface area contributed by atoms with Crippen molar-refractivity contribution in [1.82, 2.24) is 5.01 Å². The smallest absolute Gasteiger partial charge is 0.233 e. The molecule has 0 aromatic heterocycles. The lowest BCUT2D eigenvalue weighted by Gasteiger charge is -2.18. The second kappa shape index (κ2) is 4.74. The van der Waals surface area contributed by atoms with E-state index in [1.165, 1.54) is 6.92 Å². The first-order chi connectivity index (χ1) is 6.61. The van der Waals surface area contributed by atoms with E-state index in [4.69, 9.17) is 5.84 Å². The number of nitrogens with zero attached hydrogens (tertiary/aromatic N) is 1. The molecule has 0 aliphatic carbocycles. The number of amides is 1. The van der Waals surface area contributed by atoms with Gasteiger partial charge in [-0.15, -0.1) is 0 Å². The van der Waals surface area contributed by atoms with E-state index in [1.807, 2.05) is 18.2 Å². The normalized spacial score (nSPS) is 12.2. The minimum atomic E-state index is -0.731. The molecule has 76 valence electrons. The summed E-state index contributed by atoms with van der Waals surface area (Å²) in [5, 5.41) is 10.7. The first-order valence-corrected chi connectivity index (χ1v) is 4.37. The van der Waals surface area contributed by atoms with Gasteiger partial charge in [0.25, 0.3) is 0 Å². The van der Waals surface area contributed by atoms with Crippen molar-refractivity contribution in [3.63, 3.8) is 0 Å². The van der Waals surface area contributed by atoms with Gasteiger partial charge in [0.15, 0.2) is 0 Å². The molecule has 4 nitrogen and oxygen atoms in total. The summed E-state index contributed by atoms with van der Waals surface area (Å²) in [6.07, 6.45) is -0.731. The van der Waals surface area contributed by atoms with Crippen LogP contribution in [0.5, 0.6) is 0 Å². The highest BCUT2D eigenvalue weighted by molar-refractivity contribution is 5.72. The molecule has 1 aromatic carbocycles. The van der Waals surface area contributed by atoms with Crippen LogP contribution in [0.4, 0.5) is 0 Å². The summed E-state index contributed by atoms with van der Waals surface area (Å²) < 4.78 is 0. The quantitative estimate of drug-likeness (QED) is 0.417. The van der Waals surface area contributed by atoms with Gasteiger partial charge in [0.1, 0.15) is 0 Å². The highest BCUT2D eigenvalue weighted by atomic mass is 16.3. The Morgan fingerprint density at radius 3 is 2.57 bits per heavy atom. The van der Waals surface area contributed by atoms with Crippen LogP contribution < -0.4 is 5.84 Å². The maximum absolute atomic E-state index is 10.8. The molecule has 0 fully saturated rings. The summed E-state index contributed by atoms with van der Waals surface area (Å²) in [6.45, 7) is 1.47. The molecular weight excluding hydrogens is 180 g/mol. The molecule has 0 saturated heterocycles. The van der Waals surface area contributed by atoms with E-state index in [9.17, 15) is 9.90 Å². The maximum Gasteiger partial charge on any atom is 0.233 e. The minimum absolute atomic E-state index is 0.110. The first-order valence-electron chi connectivity index (χ1n) is 4.37. The zero-order valence-electron chi connectivity index (χ0n) is 8.05. The van der Waals surface area contributed by atoms with E-state index in [0.29, 0.717) is 0 Å². The van der Waals surface area contributed by atoms with Crippen molar-refractivity contribution in [2.45, 2.75) is 13.0 Å². The van der Waals surface area contributed by atoms with Crippen molar-refractivity contribution in [1.29, 1.82) is 0 Å². The van der Waals surface area contributed by atoms with Crippen molar-refractivity contribution >= 4 is 5.91 Å². The van der Waals surface area contributed by atoms with Crippen LogP contribution in [0.3, 0.4) is 0 Å². The summed E-state index contributed by atoms with van der Waals surface area (Å²) in [5.41, 5.74) is 0.754. The Bertz CT molecular complexity index is 300. The molecule has 0 spiro atoms. The monoisotopic (exact) mass is 194 g/mol. The van der Waals surface area contributed by atoms with Gasteiger partial charge < -0.3 is 5.11 Å². The summed E-state index contributed by atoms with van der Waals surface area (Å²) >= 11 is 0. The van der Waals surface area contributed by atoms with E-state index < -0.39 is 6.10 Å². The van der Waals surface area contributed by atoms with Crippen LogP contribution >= 0.6 is 0 Å². The molecule has 0 heterocycles. The average Bonchev–Trinajstić information content (AvgIpc) is 2.19. The number of aliphatic hydroxyl groups excluding tert-OH is 1. The molecule has 1 rings (SSSR count). The van der Waals surface area contributed by atoms with Gasteiger partial charge in [-0.25, -0.2) is 5.84 Å². The molecule has 0 bridgehead atoms. The summed E-state index contributed by atoms with van der Waals surface area (Å²) in [5.74, 6) is 5.11. The van der Waals surface area contributed by atoms with E-state index in [2.05, 4.69) is 0 Å². The number of hydrazine groups is 1. The number of carbonyl (C=O) groups excluding carboxylic acids is 1. The molecule has 14 heavy (non-hydrogen) atoms. The Labute approximate surface area is 82.9 Å². The Kier molecular flexibility index (Phi) is 3.62. The Morgan fingerprint density at radius 1 is 1.50 bits per heavy atom. The van der Waals surface area contributed by atoms with E-state index in [0.717, 1.165) is 10.6 Å². The lowest BCUT2D eigenvalue weighted by atomic mass is 10.1. The first kappa shape index (κ1) is 10.7. The number of aliphatic hydroxyl groups is 1. The SMILES string of the molecule is CC(=O)N(N)CC(O)c1ccccc1. The fraction of sp³-hybridized carbons (Fsp3) is 0.300. The van der Waals surface area contributed by atoms with Crippen molar-refractivity contribution in [2.24, 2.45) is 5.84 Å². The van der Waals surface area contributed by atoms with Gasteiger partial charge in [-0.05, 0) is 5.56 Å². The zero-order chi connectivity index (χ0) is 10.6. The lowest BCUT2D eigenvalue weighted by Crippen LogP contribution is -2.38. The maximum atomic E-state index is 10.8. The highest BCUT2D eigenvalue weighted by Crippen LogP contribution is 2.12. The molecule has 0 radical (unpaired) electrons. The molecule has 3 N–H and O–H groups in total. The van der Waals surface area contributed by atoms with Gasteiger partial charge in [0.2, 0.25) is 5.91 Å². The predicted molar refractivity (Wildman–Crippen MR) is 53.0 cm³/mol. The summed E-state index contributed by atoms with van der Waals surface area (Å²) in [6, 6.07) is 9.10. The number of benzene rings is 1. The number of hydrogen-bond acceptors (Lipinski definition) is 3. The molecule has 1 unspecified atom stereocenters. The molecular formula is C10H14N2O2. The number of hydrogen-bond donors (Lipinski definition) is 2. The largest absolute Gasteiger partial charge is 0.386 e. The number of carbonyl (C=O) groups is 1. The number of nitrogens with two attached hydrogens (primary N) is 1. The van der Waals surface area contributed by atoms with Crippen molar-refractivity contribution < 1.29 is 9.90 Å². The van der Waals surface area contributed by atoms with Gasteiger partial charge in [0.05, 0.1) is 12.6 Å². The van der Waals surface area contributed by atoms with Crippen LogP contribution in [0.2, 0.25) is 0 Å². The second-order valence-electron chi connectivity index (χ2n) is 3.10. The highest BCUT2D eigenvalue weighted by Gasteiger charge is 2.12. The van der Waals surface area contributed by atoms with Crippen molar-refractivity contribution in [3.05, 3.63) is 35.9 Å². The Balaban J connectivity index is 2.59. The topological polar surface area (TPSA) is 66.6 Å². The third-order valence-corrected chi connectivity index (χ3v) is 1.96. The van der Waals surface area contributed by atoms with Gasteiger partial charge in [0, 0.05) is 6.92 Å².